The Kier molecular flexibility index (Phi) is 5.22. The average Bonchev–Trinajstić information content (AvgIpc) is 2.98. The first kappa shape index (κ1) is 15.4. The molecule has 2 N–H and O–H groups in total. The summed E-state index contributed by atoms with van der Waals surface area (Å²) < 4.78 is 13.1. The molecule has 1 aromatic carbocycles. The topological polar surface area (TPSA) is 62.3 Å². The third-order valence-corrected chi connectivity index (χ3v) is 3.26. The Hall–Kier alpha value is -2.01. The van der Waals surface area contributed by atoms with Gasteiger partial charge in [-0.3, -0.25) is 4.68 Å². The maximum atomic E-state index is 6.32. The van der Waals surface area contributed by atoms with Gasteiger partial charge in [0, 0.05) is 18.3 Å². The summed E-state index contributed by atoms with van der Waals surface area (Å²) in [6, 6.07) is 5.61. The predicted octanol–water partition coefficient (Wildman–Crippen LogP) is 2.75. The number of ether oxygens (including phenoxy) is 2. The number of hydrogen-bond donors (Lipinski definition) is 1. The van der Waals surface area contributed by atoms with Gasteiger partial charge in [0.25, 0.3) is 0 Å². The van der Waals surface area contributed by atoms with E-state index in [2.05, 4.69) is 5.10 Å². The Morgan fingerprint density at radius 2 is 1.81 bits per heavy atom. The van der Waals surface area contributed by atoms with Crippen LogP contribution in [0.4, 0.5) is 0 Å². The van der Waals surface area contributed by atoms with Crippen molar-refractivity contribution in [3.8, 4) is 11.5 Å². The highest BCUT2D eigenvalue weighted by molar-refractivity contribution is 5.45. The SMILES string of the molecule is CCOc1ccc(C(N)c2cnn(CC)c2)cc1OCC. The zero-order valence-electron chi connectivity index (χ0n) is 12.9. The highest BCUT2D eigenvalue weighted by Crippen LogP contribution is 2.31. The van der Waals surface area contributed by atoms with Gasteiger partial charge in [0.1, 0.15) is 0 Å². The van der Waals surface area contributed by atoms with Gasteiger partial charge >= 0.3 is 0 Å². The number of nitrogens with zero attached hydrogens (tertiary/aromatic N) is 2. The molecule has 2 aromatic rings. The fraction of sp³-hybridized carbons (Fsp3) is 0.438. The second-order valence-corrected chi connectivity index (χ2v) is 4.68. The lowest BCUT2D eigenvalue weighted by Gasteiger charge is -2.15. The van der Waals surface area contributed by atoms with Gasteiger partial charge in [-0.15, -0.1) is 0 Å². The molecule has 1 unspecified atom stereocenters. The molecule has 0 aliphatic heterocycles. The molecule has 5 heteroatoms. The van der Waals surface area contributed by atoms with Crippen LogP contribution < -0.4 is 15.2 Å². The fourth-order valence-corrected chi connectivity index (χ4v) is 2.17. The molecule has 21 heavy (non-hydrogen) atoms. The lowest BCUT2D eigenvalue weighted by Crippen LogP contribution is -2.11. The van der Waals surface area contributed by atoms with Crippen molar-refractivity contribution in [1.82, 2.24) is 9.78 Å². The monoisotopic (exact) mass is 289 g/mol. The van der Waals surface area contributed by atoms with Crippen LogP contribution >= 0.6 is 0 Å². The Morgan fingerprint density at radius 1 is 1.10 bits per heavy atom. The van der Waals surface area contributed by atoms with Crippen LogP contribution in [0.3, 0.4) is 0 Å². The van der Waals surface area contributed by atoms with E-state index in [0.29, 0.717) is 13.2 Å². The summed E-state index contributed by atoms with van der Waals surface area (Å²) in [4.78, 5) is 0. The van der Waals surface area contributed by atoms with Gasteiger partial charge in [-0.05, 0) is 38.5 Å². The molecule has 0 amide bonds. The Bertz CT molecular complexity index is 581. The molecule has 0 fully saturated rings. The molecule has 114 valence electrons. The van der Waals surface area contributed by atoms with Crippen LogP contribution in [-0.4, -0.2) is 23.0 Å². The van der Waals surface area contributed by atoms with Crippen LogP contribution in [0.25, 0.3) is 0 Å². The van der Waals surface area contributed by atoms with Crippen molar-refractivity contribution in [2.24, 2.45) is 5.73 Å². The summed E-state index contributed by atoms with van der Waals surface area (Å²) in [7, 11) is 0. The molecule has 0 aliphatic rings. The van der Waals surface area contributed by atoms with Crippen molar-refractivity contribution in [3.05, 3.63) is 41.7 Å². The van der Waals surface area contributed by atoms with E-state index >= 15 is 0 Å². The second-order valence-electron chi connectivity index (χ2n) is 4.68. The van der Waals surface area contributed by atoms with Gasteiger partial charge in [0.2, 0.25) is 0 Å². The Labute approximate surface area is 125 Å². The number of benzene rings is 1. The zero-order valence-corrected chi connectivity index (χ0v) is 12.9. The van der Waals surface area contributed by atoms with Gasteiger partial charge in [0.15, 0.2) is 11.5 Å². The minimum absolute atomic E-state index is 0.222. The van der Waals surface area contributed by atoms with Gasteiger partial charge in [-0.2, -0.15) is 5.10 Å². The van der Waals surface area contributed by atoms with Gasteiger partial charge in [-0.1, -0.05) is 6.07 Å². The van der Waals surface area contributed by atoms with E-state index in [9.17, 15) is 0 Å². The third-order valence-electron chi connectivity index (χ3n) is 3.26. The fourth-order valence-electron chi connectivity index (χ4n) is 2.17. The van der Waals surface area contributed by atoms with Crippen molar-refractivity contribution < 1.29 is 9.47 Å². The lowest BCUT2D eigenvalue weighted by atomic mass is 10.0. The van der Waals surface area contributed by atoms with Crippen molar-refractivity contribution in [2.45, 2.75) is 33.4 Å². The Morgan fingerprint density at radius 3 is 2.43 bits per heavy atom. The lowest BCUT2D eigenvalue weighted by molar-refractivity contribution is 0.287. The molecular weight excluding hydrogens is 266 g/mol. The summed E-state index contributed by atoms with van der Waals surface area (Å²) in [6.45, 7) is 7.98. The van der Waals surface area contributed by atoms with Crippen LogP contribution in [0, 0.1) is 0 Å². The average molecular weight is 289 g/mol. The summed E-state index contributed by atoms with van der Waals surface area (Å²) in [5.41, 5.74) is 8.30. The van der Waals surface area contributed by atoms with Crippen LogP contribution in [-0.2, 0) is 6.54 Å². The third kappa shape index (κ3) is 3.55. The highest BCUT2D eigenvalue weighted by atomic mass is 16.5. The minimum Gasteiger partial charge on any atom is -0.490 e. The van der Waals surface area contributed by atoms with Crippen molar-refractivity contribution in [1.29, 1.82) is 0 Å². The summed E-state index contributed by atoms with van der Waals surface area (Å²) in [6.07, 6.45) is 3.78. The van der Waals surface area contributed by atoms with E-state index in [1.807, 2.05) is 56.0 Å². The molecule has 0 bridgehead atoms. The van der Waals surface area contributed by atoms with E-state index in [0.717, 1.165) is 29.2 Å². The van der Waals surface area contributed by atoms with Gasteiger partial charge in [-0.25, -0.2) is 0 Å². The van der Waals surface area contributed by atoms with E-state index in [1.54, 1.807) is 0 Å². The molecular formula is C16H23N3O2. The molecule has 1 atom stereocenters. The molecule has 2 rings (SSSR count). The molecule has 5 nitrogen and oxygen atoms in total. The summed E-state index contributed by atoms with van der Waals surface area (Å²) in [5.74, 6) is 1.48. The standard InChI is InChI=1S/C16H23N3O2/c1-4-19-11-13(10-18-19)16(17)12-7-8-14(20-5-2)15(9-12)21-6-3/h7-11,16H,4-6,17H2,1-3H3. The number of aryl methyl sites for hydroxylation is 1. The van der Waals surface area contributed by atoms with Crippen LogP contribution in [0.15, 0.2) is 30.6 Å². The first-order valence-electron chi connectivity index (χ1n) is 7.37. The van der Waals surface area contributed by atoms with Crippen LogP contribution in [0.2, 0.25) is 0 Å². The first-order chi connectivity index (χ1) is 10.2. The molecule has 0 saturated heterocycles. The smallest absolute Gasteiger partial charge is 0.161 e. The zero-order chi connectivity index (χ0) is 15.2. The maximum Gasteiger partial charge on any atom is 0.161 e. The van der Waals surface area contributed by atoms with Crippen molar-refractivity contribution in [3.63, 3.8) is 0 Å². The maximum absolute atomic E-state index is 6.32. The van der Waals surface area contributed by atoms with E-state index in [4.69, 9.17) is 15.2 Å². The van der Waals surface area contributed by atoms with E-state index < -0.39 is 0 Å². The molecule has 1 aromatic heterocycles. The quantitative estimate of drug-likeness (QED) is 0.851. The number of rotatable bonds is 7. The van der Waals surface area contributed by atoms with Gasteiger partial charge < -0.3 is 15.2 Å². The number of hydrogen-bond acceptors (Lipinski definition) is 4. The molecule has 0 spiro atoms. The van der Waals surface area contributed by atoms with E-state index in [1.165, 1.54) is 0 Å². The molecule has 0 aliphatic carbocycles. The van der Waals surface area contributed by atoms with E-state index in [-0.39, 0.29) is 6.04 Å². The normalized spacial score (nSPS) is 12.2. The van der Waals surface area contributed by atoms with Crippen molar-refractivity contribution in [2.75, 3.05) is 13.2 Å². The van der Waals surface area contributed by atoms with Crippen LogP contribution in [0.1, 0.15) is 37.9 Å². The van der Waals surface area contributed by atoms with Gasteiger partial charge in [0.05, 0.1) is 25.5 Å². The second kappa shape index (κ2) is 7.13. The number of aromatic nitrogens is 2. The van der Waals surface area contributed by atoms with Crippen LogP contribution in [0.5, 0.6) is 11.5 Å². The number of nitrogens with two attached hydrogens (primary N) is 1. The largest absolute Gasteiger partial charge is 0.490 e. The summed E-state index contributed by atoms with van der Waals surface area (Å²) >= 11 is 0. The predicted molar refractivity (Wildman–Crippen MR) is 82.7 cm³/mol. The highest BCUT2D eigenvalue weighted by Gasteiger charge is 2.14. The Balaban J connectivity index is 2.27. The summed E-state index contributed by atoms with van der Waals surface area (Å²) in [5, 5.41) is 4.27. The minimum atomic E-state index is -0.222. The molecule has 0 radical (unpaired) electrons. The molecule has 1 heterocycles. The first-order valence-corrected chi connectivity index (χ1v) is 7.37. The van der Waals surface area contributed by atoms with Crippen molar-refractivity contribution >= 4 is 0 Å². The molecule has 0 saturated carbocycles.